The van der Waals surface area contributed by atoms with E-state index < -0.39 is 20.8 Å². The second kappa shape index (κ2) is 4.08. The van der Waals surface area contributed by atoms with E-state index in [4.69, 9.17) is 9.66 Å². The standard InChI is InChI=1S/C6H6O4S.Mg.2H/c7-5-3-1-2-4-6(5)11(8,9)10;;;/h1-4,7H,(H,8,9,10);;;. The minimum atomic E-state index is -4.28. The Hall–Kier alpha value is -0.304. The van der Waals surface area contributed by atoms with E-state index in [2.05, 4.69) is 0 Å². The molecule has 0 fully saturated rings. The highest BCUT2D eigenvalue weighted by molar-refractivity contribution is 7.86. The molecule has 0 spiro atoms. The van der Waals surface area contributed by atoms with Gasteiger partial charge in [0.2, 0.25) is 0 Å². The van der Waals surface area contributed by atoms with Crippen LogP contribution in [0.4, 0.5) is 0 Å². The van der Waals surface area contributed by atoms with Gasteiger partial charge in [-0.15, -0.1) is 0 Å². The summed E-state index contributed by atoms with van der Waals surface area (Å²) in [5.41, 5.74) is 0. The molecule has 0 unspecified atom stereocenters. The number of para-hydroxylation sites is 1. The van der Waals surface area contributed by atoms with Gasteiger partial charge in [0.1, 0.15) is 10.6 Å². The van der Waals surface area contributed by atoms with E-state index in [0.29, 0.717) is 0 Å². The highest BCUT2D eigenvalue weighted by Crippen LogP contribution is 2.20. The SMILES string of the molecule is O=S(=O)(O)c1ccccc1O.[MgH2]. The third kappa shape index (κ3) is 2.63. The Morgan fingerprint density at radius 1 is 1.17 bits per heavy atom. The van der Waals surface area contributed by atoms with E-state index in [1.165, 1.54) is 18.2 Å². The van der Waals surface area contributed by atoms with E-state index in [1.807, 2.05) is 0 Å². The number of aromatic hydroxyl groups is 1. The summed E-state index contributed by atoms with van der Waals surface area (Å²) in [6.07, 6.45) is 0. The summed E-state index contributed by atoms with van der Waals surface area (Å²) in [6, 6.07) is 5.17. The Balaban J connectivity index is 0.00000121. The molecule has 0 saturated carbocycles. The van der Waals surface area contributed by atoms with E-state index in [-0.39, 0.29) is 23.1 Å². The van der Waals surface area contributed by atoms with Crippen molar-refractivity contribution in [3.8, 4) is 5.75 Å². The molecule has 0 aliphatic carbocycles. The third-order valence-corrected chi connectivity index (χ3v) is 2.04. The molecule has 0 heterocycles. The first-order chi connectivity index (χ1) is 5.02. The summed E-state index contributed by atoms with van der Waals surface area (Å²) in [6.45, 7) is 0. The Labute approximate surface area is 86.1 Å². The van der Waals surface area contributed by atoms with Crippen molar-refractivity contribution in [3.05, 3.63) is 24.3 Å². The molecule has 0 atom stereocenters. The lowest BCUT2D eigenvalue weighted by atomic mass is 10.3. The number of hydrogen-bond donors (Lipinski definition) is 2. The molecule has 1 aromatic carbocycles. The first kappa shape index (κ1) is 11.7. The molecule has 0 radical (unpaired) electrons. The topological polar surface area (TPSA) is 74.6 Å². The maximum atomic E-state index is 10.4. The summed E-state index contributed by atoms with van der Waals surface area (Å²) in [5.74, 6) is -0.449. The largest absolute Gasteiger partial charge is 0.506 e. The smallest absolute Gasteiger partial charge is 0.316 e. The Kier molecular flexibility index (Phi) is 3.98. The van der Waals surface area contributed by atoms with Crippen molar-refractivity contribution in [3.63, 3.8) is 0 Å². The zero-order valence-electron chi connectivity index (χ0n) is 5.43. The van der Waals surface area contributed by atoms with Crippen molar-refractivity contribution >= 4 is 33.2 Å². The van der Waals surface area contributed by atoms with Crippen LogP contribution in [0.15, 0.2) is 29.2 Å². The van der Waals surface area contributed by atoms with Gasteiger partial charge in [0.25, 0.3) is 10.1 Å². The molecule has 1 rings (SSSR count). The summed E-state index contributed by atoms with van der Waals surface area (Å²) in [5, 5.41) is 8.91. The molecule has 6 heteroatoms. The zero-order chi connectivity index (χ0) is 8.48. The molecular formula is C6H8MgO4S. The maximum absolute atomic E-state index is 10.4. The minimum absolute atomic E-state index is 0. The molecular weight excluding hydrogens is 192 g/mol. The van der Waals surface area contributed by atoms with Crippen LogP contribution in [0.25, 0.3) is 0 Å². The van der Waals surface area contributed by atoms with E-state index in [1.54, 1.807) is 0 Å². The molecule has 0 aromatic heterocycles. The van der Waals surface area contributed by atoms with Crippen LogP contribution in [0.3, 0.4) is 0 Å². The first-order valence-electron chi connectivity index (χ1n) is 2.77. The van der Waals surface area contributed by atoms with E-state index in [0.717, 1.165) is 6.07 Å². The quantitative estimate of drug-likeness (QED) is 0.483. The first-order valence-corrected chi connectivity index (χ1v) is 4.21. The van der Waals surface area contributed by atoms with Crippen molar-refractivity contribution in [1.82, 2.24) is 0 Å². The van der Waals surface area contributed by atoms with Gasteiger partial charge in [0.05, 0.1) is 0 Å². The van der Waals surface area contributed by atoms with Crippen molar-refractivity contribution in [2.45, 2.75) is 4.90 Å². The highest BCUT2D eigenvalue weighted by Gasteiger charge is 2.12. The number of rotatable bonds is 1. The molecule has 64 valence electrons. The number of phenols is 1. The summed E-state index contributed by atoms with van der Waals surface area (Å²) >= 11 is 0. The molecule has 0 amide bonds. The zero-order valence-corrected chi connectivity index (χ0v) is 6.25. The van der Waals surface area contributed by atoms with Gasteiger partial charge in [-0.1, -0.05) is 12.1 Å². The predicted octanol–water partition coefficient (Wildman–Crippen LogP) is -0.277. The fourth-order valence-corrected chi connectivity index (χ4v) is 1.26. The van der Waals surface area contributed by atoms with Gasteiger partial charge in [0.15, 0.2) is 0 Å². The van der Waals surface area contributed by atoms with Crippen molar-refractivity contribution < 1.29 is 18.1 Å². The summed E-state index contributed by atoms with van der Waals surface area (Å²) in [4.78, 5) is -0.472. The van der Waals surface area contributed by atoms with Crippen LogP contribution < -0.4 is 0 Å². The van der Waals surface area contributed by atoms with Gasteiger partial charge in [0, 0.05) is 0 Å². The third-order valence-electron chi connectivity index (χ3n) is 1.14. The lowest BCUT2D eigenvalue weighted by Crippen LogP contribution is -1.97. The lowest BCUT2D eigenvalue weighted by molar-refractivity contribution is 0.443. The van der Waals surface area contributed by atoms with Gasteiger partial charge >= 0.3 is 23.1 Å². The predicted molar refractivity (Wildman–Crippen MR) is 46.5 cm³/mol. The van der Waals surface area contributed by atoms with Crippen molar-refractivity contribution in [2.24, 2.45) is 0 Å². The fourth-order valence-electron chi connectivity index (χ4n) is 0.675. The second-order valence-electron chi connectivity index (χ2n) is 1.94. The van der Waals surface area contributed by atoms with Gasteiger partial charge in [-0.3, -0.25) is 4.55 Å². The van der Waals surface area contributed by atoms with Gasteiger partial charge in [-0.25, -0.2) is 0 Å². The molecule has 0 aliphatic rings. The average molecular weight is 200 g/mol. The van der Waals surface area contributed by atoms with Crippen LogP contribution >= 0.6 is 0 Å². The summed E-state index contributed by atoms with van der Waals surface area (Å²) in [7, 11) is -4.28. The molecule has 2 N–H and O–H groups in total. The van der Waals surface area contributed by atoms with Crippen LogP contribution in [-0.4, -0.2) is 41.1 Å². The van der Waals surface area contributed by atoms with E-state index in [9.17, 15) is 8.42 Å². The molecule has 12 heavy (non-hydrogen) atoms. The van der Waals surface area contributed by atoms with Crippen LogP contribution in [-0.2, 0) is 10.1 Å². The normalized spacial score (nSPS) is 10.4. The number of benzene rings is 1. The summed E-state index contributed by atoms with van der Waals surface area (Å²) < 4.78 is 29.4. The molecule has 0 bridgehead atoms. The lowest BCUT2D eigenvalue weighted by Gasteiger charge is -1.97. The molecule has 1 aromatic rings. The van der Waals surface area contributed by atoms with Crippen LogP contribution in [0.2, 0.25) is 0 Å². The minimum Gasteiger partial charge on any atom is -0.506 e. The van der Waals surface area contributed by atoms with Crippen molar-refractivity contribution in [2.75, 3.05) is 0 Å². The van der Waals surface area contributed by atoms with Crippen molar-refractivity contribution in [1.29, 1.82) is 0 Å². The fraction of sp³-hybridized carbons (Fsp3) is 0. The number of hydrogen-bond acceptors (Lipinski definition) is 3. The highest BCUT2D eigenvalue weighted by atomic mass is 32.2. The van der Waals surface area contributed by atoms with Gasteiger partial charge < -0.3 is 5.11 Å². The van der Waals surface area contributed by atoms with Gasteiger partial charge in [-0.2, -0.15) is 8.42 Å². The molecule has 0 aliphatic heterocycles. The van der Waals surface area contributed by atoms with Gasteiger partial charge in [-0.05, 0) is 12.1 Å². The second-order valence-corrected chi connectivity index (χ2v) is 3.33. The Morgan fingerprint density at radius 2 is 1.67 bits per heavy atom. The number of phenolic OH excluding ortho intramolecular Hbond substituents is 1. The van der Waals surface area contributed by atoms with Crippen LogP contribution in [0, 0.1) is 0 Å². The maximum Gasteiger partial charge on any atom is 0.316 e. The Bertz CT molecular complexity index is 360. The van der Waals surface area contributed by atoms with Crippen LogP contribution in [0.5, 0.6) is 5.75 Å². The average Bonchev–Trinajstić information content (AvgIpc) is 1.86. The van der Waals surface area contributed by atoms with E-state index >= 15 is 0 Å². The van der Waals surface area contributed by atoms with Crippen LogP contribution in [0.1, 0.15) is 0 Å². The Morgan fingerprint density at radius 3 is 2.00 bits per heavy atom. The molecule has 4 nitrogen and oxygen atoms in total. The molecule has 0 saturated heterocycles. The monoisotopic (exact) mass is 200 g/mol.